The molecule has 5 aromatic carbocycles. The van der Waals surface area contributed by atoms with Gasteiger partial charge in [0.25, 0.3) is 0 Å². The van der Waals surface area contributed by atoms with Crippen LogP contribution in [0.3, 0.4) is 0 Å². The summed E-state index contributed by atoms with van der Waals surface area (Å²) in [5, 5.41) is 17.9. The molecule has 11 nitrogen and oxygen atoms in total. The quantitative estimate of drug-likeness (QED) is 0.0454. The fourth-order valence-electron chi connectivity index (χ4n) is 7.66. The molecule has 6 rings (SSSR count). The second-order valence-corrected chi connectivity index (χ2v) is 14.8. The number of aliphatic hydroxyl groups excluding tert-OH is 1. The lowest BCUT2D eigenvalue weighted by molar-refractivity contribution is -0.123. The summed E-state index contributed by atoms with van der Waals surface area (Å²) in [6.45, 7) is 5.35. The van der Waals surface area contributed by atoms with Crippen molar-refractivity contribution in [3.63, 3.8) is 0 Å². The van der Waals surface area contributed by atoms with E-state index >= 15 is 0 Å². The Morgan fingerprint density at radius 3 is 1.78 bits per heavy atom. The van der Waals surface area contributed by atoms with Gasteiger partial charge in [0, 0.05) is 60.7 Å². The van der Waals surface area contributed by atoms with Crippen LogP contribution in [0.1, 0.15) is 94.5 Å². The van der Waals surface area contributed by atoms with Crippen LogP contribution in [0.15, 0.2) is 109 Å². The van der Waals surface area contributed by atoms with E-state index in [-0.39, 0.29) is 54.5 Å². The standard InChI is InChI=1S/C49H53N3O8/c1-5-26-50-43-24-25-44(51-27-6-2)46-45(43)47(56)41-23-18-36(29-42(41)48(46)57)52(32-53)28-10-13-37(54)30-38(55)31-60-49(33-11-8-7-9-12-33,34-14-19-39(58-3)20-15-34)35-16-21-40(59-4)22-17-35/h7-9,11-12,14-25,29,32,38,50-51,55H,5-6,10,13,26-28,30-31H2,1-4H3. The molecule has 1 aliphatic rings. The van der Waals surface area contributed by atoms with E-state index in [4.69, 9.17) is 14.2 Å². The lowest BCUT2D eigenvalue weighted by atomic mass is 9.80. The number of aliphatic hydroxyl groups is 1. The number of Topliss-reactive ketones (excluding diaryl/α,β-unsaturated/α-hetero) is 1. The Morgan fingerprint density at radius 2 is 1.27 bits per heavy atom. The highest BCUT2D eigenvalue weighted by molar-refractivity contribution is 6.32. The summed E-state index contributed by atoms with van der Waals surface area (Å²) < 4.78 is 17.6. The summed E-state index contributed by atoms with van der Waals surface area (Å²) in [6, 6.07) is 33.3. The number of methoxy groups -OCH3 is 2. The van der Waals surface area contributed by atoms with E-state index in [0.29, 0.717) is 65.6 Å². The molecule has 0 saturated heterocycles. The third-order valence-corrected chi connectivity index (χ3v) is 10.7. The molecule has 0 radical (unpaired) electrons. The normalized spacial score (nSPS) is 12.6. The van der Waals surface area contributed by atoms with E-state index in [2.05, 4.69) is 10.6 Å². The molecule has 0 aliphatic heterocycles. The van der Waals surface area contributed by atoms with Crippen LogP contribution in [0.25, 0.3) is 0 Å². The minimum absolute atomic E-state index is 0.0952. The van der Waals surface area contributed by atoms with Gasteiger partial charge in [0.1, 0.15) is 22.9 Å². The molecule has 3 N–H and O–H groups in total. The van der Waals surface area contributed by atoms with Gasteiger partial charge in [-0.15, -0.1) is 0 Å². The van der Waals surface area contributed by atoms with Crippen LogP contribution in [-0.4, -0.2) is 75.4 Å². The average Bonchev–Trinajstić information content (AvgIpc) is 3.28. The third kappa shape index (κ3) is 9.28. The summed E-state index contributed by atoms with van der Waals surface area (Å²) >= 11 is 0. The van der Waals surface area contributed by atoms with Gasteiger partial charge in [-0.25, -0.2) is 0 Å². The molecule has 1 atom stereocenters. The zero-order chi connectivity index (χ0) is 42.6. The van der Waals surface area contributed by atoms with E-state index < -0.39 is 11.7 Å². The molecule has 0 spiro atoms. The number of nitrogens with zero attached hydrogens (tertiary/aromatic N) is 1. The molecule has 11 heteroatoms. The smallest absolute Gasteiger partial charge is 0.214 e. The first kappa shape index (κ1) is 43.3. The van der Waals surface area contributed by atoms with E-state index in [9.17, 15) is 24.3 Å². The van der Waals surface area contributed by atoms with E-state index in [0.717, 1.165) is 29.5 Å². The van der Waals surface area contributed by atoms with Crippen LogP contribution in [0.4, 0.5) is 17.1 Å². The molecule has 60 heavy (non-hydrogen) atoms. The molecular weight excluding hydrogens is 759 g/mol. The first-order valence-corrected chi connectivity index (χ1v) is 20.5. The summed E-state index contributed by atoms with van der Waals surface area (Å²) in [5.74, 6) is 0.604. The molecular formula is C49H53N3O8. The van der Waals surface area contributed by atoms with Crippen LogP contribution < -0.4 is 25.0 Å². The van der Waals surface area contributed by atoms with Gasteiger partial charge >= 0.3 is 0 Å². The van der Waals surface area contributed by atoms with Crippen molar-refractivity contribution in [1.29, 1.82) is 0 Å². The molecule has 1 amide bonds. The van der Waals surface area contributed by atoms with Crippen LogP contribution in [0.2, 0.25) is 0 Å². The Hall–Kier alpha value is -6.30. The average molecular weight is 812 g/mol. The second-order valence-electron chi connectivity index (χ2n) is 14.8. The number of ketones is 3. The summed E-state index contributed by atoms with van der Waals surface area (Å²) in [5.41, 5.74) is 4.07. The fourth-order valence-corrected chi connectivity index (χ4v) is 7.66. The van der Waals surface area contributed by atoms with E-state index in [1.165, 1.54) is 4.90 Å². The van der Waals surface area contributed by atoms with Gasteiger partial charge in [0.15, 0.2) is 11.6 Å². The number of carbonyl (C=O) groups is 4. The van der Waals surface area contributed by atoms with Gasteiger partial charge in [-0.1, -0.05) is 68.4 Å². The highest BCUT2D eigenvalue weighted by Crippen LogP contribution is 2.42. The van der Waals surface area contributed by atoms with Crippen LogP contribution in [0.5, 0.6) is 11.5 Å². The molecule has 5 aromatic rings. The molecule has 1 aliphatic carbocycles. The van der Waals surface area contributed by atoms with E-state index in [1.54, 1.807) is 32.4 Å². The number of nitrogens with one attached hydrogen (secondary N) is 2. The molecule has 0 saturated carbocycles. The van der Waals surface area contributed by atoms with Crippen molar-refractivity contribution in [2.45, 2.75) is 57.7 Å². The maximum Gasteiger partial charge on any atom is 0.214 e. The van der Waals surface area contributed by atoms with Crippen molar-refractivity contribution in [2.75, 3.05) is 56.0 Å². The molecule has 0 fully saturated rings. The predicted molar refractivity (Wildman–Crippen MR) is 234 cm³/mol. The number of ether oxygens (including phenoxy) is 3. The largest absolute Gasteiger partial charge is 0.497 e. The minimum atomic E-state index is -1.15. The number of carbonyl (C=O) groups excluding carboxylic acids is 4. The number of hydrogen-bond donors (Lipinski definition) is 3. The Balaban J connectivity index is 1.14. The zero-order valence-corrected chi connectivity index (χ0v) is 34.7. The predicted octanol–water partition coefficient (Wildman–Crippen LogP) is 8.19. The first-order chi connectivity index (χ1) is 29.2. The number of fused-ring (bicyclic) bond motifs is 2. The molecule has 0 bridgehead atoms. The summed E-state index contributed by atoms with van der Waals surface area (Å²) in [7, 11) is 3.20. The number of rotatable bonds is 22. The lowest BCUT2D eigenvalue weighted by Gasteiger charge is -2.36. The molecule has 312 valence electrons. The molecule has 1 unspecified atom stereocenters. The number of hydrogen-bond acceptors (Lipinski definition) is 10. The highest BCUT2D eigenvalue weighted by Gasteiger charge is 2.39. The summed E-state index contributed by atoms with van der Waals surface area (Å²) in [4.78, 5) is 55.2. The maximum atomic E-state index is 14.1. The van der Waals surface area contributed by atoms with Crippen molar-refractivity contribution in [3.05, 3.63) is 148 Å². The van der Waals surface area contributed by atoms with Crippen LogP contribution in [0, 0.1) is 0 Å². The number of amides is 1. The topological polar surface area (TPSA) is 144 Å². The zero-order valence-electron chi connectivity index (χ0n) is 34.7. The van der Waals surface area contributed by atoms with Gasteiger partial charge < -0.3 is 34.9 Å². The van der Waals surface area contributed by atoms with Crippen molar-refractivity contribution in [3.8, 4) is 11.5 Å². The van der Waals surface area contributed by atoms with Gasteiger partial charge in [0.2, 0.25) is 6.41 Å². The minimum Gasteiger partial charge on any atom is -0.497 e. The molecule has 0 heterocycles. The van der Waals surface area contributed by atoms with Gasteiger partial charge in [-0.2, -0.15) is 0 Å². The second kappa shape index (κ2) is 20.1. The van der Waals surface area contributed by atoms with Crippen molar-refractivity contribution in [1.82, 2.24) is 0 Å². The van der Waals surface area contributed by atoms with E-state index in [1.807, 2.05) is 105 Å². The Kier molecular flexibility index (Phi) is 14.5. The van der Waals surface area contributed by atoms with Crippen LogP contribution in [-0.2, 0) is 19.9 Å². The maximum absolute atomic E-state index is 14.1. The monoisotopic (exact) mass is 811 g/mol. The van der Waals surface area contributed by atoms with Crippen molar-refractivity contribution >= 4 is 40.8 Å². The highest BCUT2D eigenvalue weighted by atomic mass is 16.5. The number of benzene rings is 5. The van der Waals surface area contributed by atoms with Crippen molar-refractivity contribution < 1.29 is 38.5 Å². The van der Waals surface area contributed by atoms with Gasteiger partial charge in [-0.3, -0.25) is 19.2 Å². The Bertz CT molecular complexity index is 2230. The lowest BCUT2D eigenvalue weighted by Crippen LogP contribution is -2.36. The van der Waals surface area contributed by atoms with Gasteiger partial charge in [0.05, 0.1) is 38.1 Å². The number of anilines is 3. The van der Waals surface area contributed by atoms with Crippen LogP contribution >= 0.6 is 0 Å². The summed E-state index contributed by atoms with van der Waals surface area (Å²) in [6.07, 6.45) is 1.46. The SMILES string of the molecule is CCCNc1ccc(NCCC)c2c1C(=O)c1ccc(N(C=O)CCCC(=O)CC(O)COC(c3ccccc3)(c3ccc(OC)cc3)c3ccc(OC)cc3)cc1C2=O. The fraction of sp³-hybridized carbons (Fsp3) is 0.306. The van der Waals surface area contributed by atoms with Gasteiger partial charge in [-0.05, 0) is 90.6 Å². The first-order valence-electron chi connectivity index (χ1n) is 20.5. The third-order valence-electron chi connectivity index (χ3n) is 10.7. The Morgan fingerprint density at radius 1 is 0.733 bits per heavy atom. The Labute approximate surface area is 351 Å². The van der Waals surface area contributed by atoms with Crippen molar-refractivity contribution in [2.24, 2.45) is 0 Å². The molecule has 0 aromatic heterocycles.